The molecule has 0 aliphatic carbocycles. The van der Waals surface area contributed by atoms with E-state index in [0.29, 0.717) is 5.56 Å². The minimum Gasteiger partial charge on any atom is -0.476 e. The second-order valence-corrected chi connectivity index (χ2v) is 5.62. The Morgan fingerprint density at radius 3 is 2.48 bits per heavy atom. The van der Waals surface area contributed by atoms with Gasteiger partial charge < -0.3 is 9.47 Å². The minimum atomic E-state index is -4.66. The van der Waals surface area contributed by atoms with Crippen molar-refractivity contribution in [1.82, 2.24) is 24.7 Å². The Bertz CT molecular complexity index is 978. The molecule has 0 aliphatic heterocycles. The van der Waals surface area contributed by atoms with Gasteiger partial charge in [0, 0.05) is 5.56 Å². The van der Waals surface area contributed by atoms with E-state index in [9.17, 15) is 22.0 Å². The van der Waals surface area contributed by atoms with Gasteiger partial charge in [-0.1, -0.05) is 26.0 Å². The molecule has 0 spiro atoms. The summed E-state index contributed by atoms with van der Waals surface area (Å²) in [5.74, 6) is -1.22. The lowest BCUT2D eigenvalue weighted by atomic mass is 10.1. The minimum absolute atomic E-state index is 0.0850. The van der Waals surface area contributed by atoms with Crippen LogP contribution in [0.2, 0.25) is 0 Å². The zero-order valence-corrected chi connectivity index (χ0v) is 16.9. The highest BCUT2D eigenvalue weighted by atomic mass is 19.4. The molecule has 0 atom stereocenters. The van der Waals surface area contributed by atoms with Gasteiger partial charge in [-0.25, -0.2) is 19.6 Å². The fraction of sp³-hybridized carbons (Fsp3) is 0.368. The highest BCUT2D eigenvalue weighted by molar-refractivity contribution is 5.66. The summed E-state index contributed by atoms with van der Waals surface area (Å²) in [5.41, 5.74) is 0.873. The molecule has 0 N–H and O–H groups in total. The number of aromatic nitrogens is 5. The molecule has 168 valence electrons. The van der Waals surface area contributed by atoms with E-state index in [1.165, 1.54) is 24.4 Å². The number of benzene rings is 1. The van der Waals surface area contributed by atoms with Gasteiger partial charge >= 0.3 is 12.8 Å². The normalized spacial score (nSPS) is 11.1. The summed E-state index contributed by atoms with van der Waals surface area (Å²) in [6.45, 7) is 2.86. The van der Waals surface area contributed by atoms with Crippen LogP contribution >= 0.6 is 0 Å². The lowest BCUT2D eigenvalue weighted by molar-refractivity contribution is -0.145. The molecule has 0 bridgehead atoms. The molecule has 0 aliphatic rings. The molecule has 0 saturated carbocycles. The molecule has 3 rings (SSSR count). The van der Waals surface area contributed by atoms with Crippen LogP contribution in [0.15, 0.2) is 36.8 Å². The van der Waals surface area contributed by atoms with Crippen LogP contribution in [0, 0.1) is 0 Å². The molecular weight excluding hydrogens is 425 g/mol. The molecular formula is C19H20F5N5O2. The van der Waals surface area contributed by atoms with Gasteiger partial charge in [0.25, 0.3) is 5.82 Å². The Labute approximate surface area is 174 Å². The Morgan fingerprint density at radius 1 is 1.13 bits per heavy atom. The first-order valence-corrected chi connectivity index (χ1v) is 9.27. The molecule has 0 fully saturated rings. The van der Waals surface area contributed by atoms with Crippen molar-refractivity contribution < 1.29 is 31.4 Å². The Morgan fingerprint density at radius 2 is 1.87 bits per heavy atom. The predicted octanol–water partition coefficient (Wildman–Crippen LogP) is 4.83. The first-order valence-electron chi connectivity index (χ1n) is 9.27. The van der Waals surface area contributed by atoms with E-state index >= 15 is 0 Å². The topological polar surface area (TPSA) is 75.0 Å². The Hall–Kier alpha value is -3.31. The smallest absolute Gasteiger partial charge is 0.453 e. The second kappa shape index (κ2) is 10.6. The average molecular weight is 445 g/mol. The number of hydrogen-bond donors (Lipinski definition) is 0. The number of nitrogens with zero attached hydrogens (tertiary/aromatic N) is 5. The van der Waals surface area contributed by atoms with Crippen molar-refractivity contribution in [3.8, 4) is 22.9 Å². The summed E-state index contributed by atoms with van der Waals surface area (Å²) in [6, 6.07) is 5.76. The Balaban J connectivity index is 0.00000166. The van der Waals surface area contributed by atoms with Crippen LogP contribution in [0.25, 0.3) is 11.3 Å². The zero-order chi connectivity index (χ0) is 23.0. The molecule has 2 heterocycles. The summed E-state index contributed by atoms with van der Waals surface area (Å²) in [6.07, 6.45) is -2.41. The van der Waals surface area contributed by atoms with E-state index < -0.39 is 18.6 Å². The van der Waals surface area contributed by atoms with Crippen molar-refractivity contribution in [2.45, 2.75) is 40.1 Å². The number of alkyl halides is 5. The number of halogens is 5. The van der Waals surface area contributed by atoms with Crippen molar-refractivity contribution in [2.75, 3.05) is 6.61 Å². The van der Waals surface area contributed by atoms with Crippen LogP contribution < -0.4 is 9.47 Å². The maximum atomic E-state index is 12.6. The molecule has 12 heteroatoms. The van der Waals surface area contributed by atoms with E-state index in [2.05, 4.69) is 24.8 Å². The lowest BCUT2D eigenvalue weighted by Gasteiger charge is -2.12. The van der Waals surface area contributed by atoms with Crippen LogP contribution in [0.1, 0.15) is 32.3 Å². The quantitative estimate of drug-likeness (QED) is 0.485. The summed E-state index contributed by atoms with van der Waals surface area (Å²) < 4.78 is 73.7. The predicted molar refractivity (Wildman–Crippen MR) is 101 cm³/mol. The van der Waals surface area contributed by atoms with Gasteiger partial charge in [-0.3, -0.25) is 0 Å². The third-order valence-electron chi connectivity index (χ3n) is 3.52. The third-order valence-corrected chi connectivity index (χ3v) is 3.52. The van der Waals surface area contributed by atoms with Gasteiger partial charge in [0.2, 0.25) is 5.88 Å². The fourth-order valence-electron chi connectivity index (χ4n) is 2.41. The highest BCUT2D eigenvalue weighted by Crippen LogP contribution is 2.30. The van der Waals surface area contributed by atoms with Crippen LogP contribution in [-0.4, -0.2) is 38.0 Å². The fourth-order valence-corrected chi connectivity index (χ4v) is 2.41. The molecule has 7 nitrogen and oxygen atoms in total. The maximum Gasteiger partial charge on any atom is 0.453 e. The molecule has 3 aromatic rings. The van der Waals surface area contributed by atoms with Crippen LogP contribution in [-0.2, 0) is 12.7 Å². The van der Waals surface area contributed by atoms with Gasteiger partial charge in [0.15, 0.2) is 0 Å². The van der Waals surface area contributed by atoms with Crippen LogP contribution in [0.4, 0.5) is 22.0 Å². The average Bonchev–Trinajstić information content (AvgIpc) is 3.20. The zero-order valence-electron chi connectivity index (χ0n) is 16.9. The molecule has 0 saturated heterocycles. The molecule has 0 radical (unpaired) electrons. The van der Waals surface area contributed by atoms with E-state index in [-0.39, 0.29) is 36.2 Å². The summed E-state index contributed by atoms with van der Waals surface area (Å²) >= 11 is 0. The second-order valence-electron chi connectivity index (χ2n) is 5.62. The van der Waals surface area contributed by atoms with E-state index in [0.717, 1.165) is 11.0 Å². The SMILES string of the molecule is CC.CCOc1ncc(Cn2cnc(C(F)(F)F)n2)nc1-c1cccc(OC(F)F)c1. The van der Waals surface area contributed by atoms with E-state index in [1.54, 1.807) is 13.0 Å². The molecule has 2 aromatic heterocycles. The monoisotopic (exact) mass is 445 g/mol. The standard InChI is InChI=1S/C17H14F5N5O2.C2H6/c1-2-28-14-13(10-4-3-5-12(6-10)29-16(18)19)25-11(7-23-14)8-27-9-24-15(26-27)17(20,21)22;1-2/h3-7,9,16H,2,8H2,1H3;1-2H3. The number of rotatable bonds is 7. The summed E-state index contributed by atoms with van der Waals surface area (Å²) in [4.78, 5) is 11.7. The van der Waals surface area contributed by atoms with Gasteiger partial charge in [0.1, 0.15) is 17.8 Å². The van der Waals surface area contributed by atoms with Crippen molar-refractivity contribution >= 4 is 0 Å². The van der Waals surface area contributed by atoms with Crippen LogP contribution in [0.5, 0.6) is 11.6 Å². The van der Waals surface area contributed by atoms with Crippen LogP contribution in [0.3, 0.4) is 0 Å². The van der Waals surface area contributed by atoms with Gasteiger partial charge in [-0.15, -0.1) is 5.10 Å². The molecule has 1 aromatic carbocycles. The van der Waals surface area contributed by atoms with Gasteiger partial charge in [-0.05, 0) is 19.1 Å². The summed E-state index contributed by atoms with van der Waals surface area (Å²) in [7, 11) is 0. The van der Waals surface area contributed by atoms with Gasteiger partial charge in [0.05, 0.1) is 25.0 Å². The first kappa shape index (κ1) is 24.0. The maximum absolute atomic E-state index is 12.6. The molecule has 0 amide bonds. The van der Waals surface area contributed by atoms with Crippen molar-refractivity contribution in [3.05, 3.63) is 48.3 Å². The molecule has 31 heavy (non-hydrogen) atoms. The van der Waals surface area contributed by atoms with Gasteiger partial charge in [-0.2, -0.15) is 22.0 Å². The van der Waals surface area contributed by atoms with E-state index in [1.807, 2.05) is 13.8 Å². The van der Waals surface area contributed by atoms with Crippen molar-refractivity contribution in [3.63, 3.8) is 0 Å². The largest absolute Gasteiger partial charge is 0.476 e. The third kappa shape index (κ3) is 6.59. The summed E-state index contributed by atoms with van der Waals surface area (Å²) in [5, 5.41) is 3.36. The van der Waals surface area contributed by atoms with E-state index in [4.69, 9.17) is 4.74 Å². The van der Waals surface area contributed by atoms with Crippen molar-refractivity contribution in [2.24, 2.45) is 0 Å². The first-order chi connectivity index (χ1) is 14.8. The molecule has 0 unspecified atom stereocenters. The Kier molecular flexibility index (Phi) is 8.22. The lowest BCUT2D eigenvalue weighted by Crippen LogP contribution is -2.10. The number of hydrogen-bond acceptors (Lipinski definition) is 6. The number of ether oxygens (including phenoxy) is 2. The van der Waals surface area contributed by atoms with Crippen molar-refractivity contribution in [1.29, 1.82) is 0 Å². The highest BCUT2D eigenvalue weighted by Gasteiger charge is 2.35.